The second-order valence-corrected chi connectivity index (χ2v) is 8.10. The Hall–Kier alpha value is -2.96. The molecule has 2 aliphatic heterocycles. The third-order valence-corrected chi connectivity index (χ3v) is 6.08. The Labute approximate surface area is 180 Å². The molecule has 2 aromatic rings. The molecule has 2 saturated heterocycles. The molecule has 164 valence electrons. The lowest BCUT2D eigenvalue weighted by Gasteiger charge is -2.33. The lowest BCUT2D eigenvalue weighted by molar-refractivity contribution is -0.137. The zero-order valence-electron chi connectivity index (χ0n) is 17.5. The minimum absolute atomic E-state index is 0.0174. The molecule has 0 saturated carbocycles. The van der Waals surface area contributed by atoms with Crippen LogP contribution < -0.4 is 9.64 Å². The number of likely N-dealkylation sites (tertiary alicyclic amines) is 1. The van der Waals surface area contributed by atoms with E-state index in [0.717, 1.165) is 29.8 Å². The summed E-state index contributed by atoms with van der Waals surface area (Å²) in [4.78, 5) is 29.2. The van der Waals surface area contributed by atoms with Crippen molar-refractivity contribution < 1.29 is 23.1 Å². The highest BCUT2D eigenvalue weighted by molar-refractivity contribution is 6.00. The van der Waals surface area contributed by atoms with Crippen LogP contribution in [-0.4, -0.2) is 42.5 Å². The van der Waals surface area contributed by atoms with Crippen LogP contribution in [0.15, 0.2) is 42.5 Å². The Morgan fingerprint density at radius 3 is 2.58 bits per heavy atom. The number of piperidine rings is 1. The lowest BCUT2D eigenvalue weighted by atomic mass is 10.0. The Kier molecular flexibility index (Phi) is 6.20. The monoisotopic (exact) mass is 428 g/mol. The van der Waals surface area contributed by atoms with E-state index in [1.165, 1.54) is 6.07 Å². The number of para-hydroxylation sites is 1. The number of benzene rings is 2. The van der Waals surface area contributed by atoms with E-state index in [2.05, 4.69) is 0 Å². The van der Waals surface area contributed by atoms with Crippen LogP contribution in [0.5, 0.6) is 5.75 Å². The zero-order chi connectivity index (χ0) is 22.0. The first-order valence-corrected chi connectivity index (χ1v) is 10.7. The SMILES string of the molecule is CCc1ccccc1N1CC(C(=O)N2CCC(Oc3ccc(F)cc3F)CC2)CC1=O. The van der Waals surface area contributed by atoms with Crippen molar-refractivity contribution in [2.24, 2.45) is 5.92 Å². The highest BCUT2D eigenvalue weighted by atomic mass is 19.1. The molecule has 0 radical (unpaired) electrons. The molecule has 7 heteroatoms. The van der Waals surface area contributed by atoms with Crippen LogP contribution in [0.25, 0.3) is 0 Å². The number of anilines is 1. The summed E-state index contributed by atoms with van der Waals surface area (Å²) < 4.78 is 32.5. The van der Waals surface area contributed by atoms with Gasteiger partial charge >= 0.3 is 0 Å². The predicted molar refractivity (Wildman–Crippen MR) is 113 cm³/mol. The van der Waals surface area contributed by atoms with Crippen molar-refractivity contribution in [3.63, 3.8) is 0 Å². The number of rotatable bonds is 5. The van der Waals surface area contributed by atoms with Gasteiger partial charge in [0.25, 0.3) is 0 Å². The second kappa shape index (κ2) is 9.04. The number of halogens is 2. The summed E-state index contributed by atoms with van der Waals surface area (Å²) in [5.74, 6) is -1.75. The first-order valence-electron chi connectivity index (χ1n) is 10.7. The van der Waals surface area contributed by atoms with Crippen LogP contribution in [0, 0.1) is 17.6 Å². The minimum atomic E-state index is -0.726. The molecule has 4 rings (SSSR count). The van der Waals surface area contributed by atoms with Crippen LogP contribution in [-0.2, 0) is 16.0 Å². The number of aryl methyl sites for hydroxylation is 1. The van der Waals surface area contributed by atoms with Gasteiger partial charge in [0.1, 0.15) is 11.9 Å². The average molecular weight is 428 g/mol. The van der Waals surface area contributed by atoms with Gasteiger partial charge < -0.3 is 14.5 Å². The number of carbonyl (C=O) groups excluding carboxylic acids is 2. The third-order valence-electron chi connectivity index (χ3n) is 6.08. The quantitative estimate of drug-likeness (QED) is 0.725. The lowest BCUT2D eigenvalue weighted by Crippen LogP contribution is -2.45. The van der Waals surface area contributed by atoms with Crippen LogP contribution in [0.3, 0.4) is 0 Å². The van der Waals surface area contributed by atoms with Gasteiger partial charge in [-0.3, -0.25) is 9.59 Å². The Morgan fingerprint density at radius 1 is 1.13 bits per heavy atom. The van der Waals surface area contributed by atoms with Crippen molar-refractivity contribution in [1.82, 2.24) is 4.90 Å². The van der Waals surface area contributed by atoms with E-state index in [1.807, 2.05) is 31.2 Å². The van der Waals surface area contributed by atoms with Gasteiger partial charge in [-0.15, -0.1) is 0 Å². The first-order chi connectivity index (χ1) is 15.0. The molecule has 0 spiro atoms. The highest BCUT2D eigenvalue weighted by Crippen LogP contribution is 2.30. The summed E-state index contributed by atoms with van der Waals surface area (Å²) in [6.07, 6.45) is 1.92. The summed E-state index contributed by atoms with van der Waals surface area (Å²) in [7, 11) is 0. The zero-order valence-corrected chi connectivity index (χ0v) is 17.5. The topological polar surface area (TPSA) is 49.9 Å². The number of hydrogen-bond acceptors (Lipinski definition) is 3. The van der Waals surface area contributed by atoms with E-state index in [1.54, 1.807) is 9.80 Å². The summed E-state index contributed by atoms with van der Waals surface area (Å²) in [5, 5.41) is 0. The normalized spacial score (nSPS) is 19.7. The van der Waals surface area contributed by atoms with E-state index < -0.39 is 11.6 Å². The molecule has 1 atom stereocenters. The fourth-order valence-corrected chi connectivity index (χ4v) is 4.38. The van der Waals surface area contributed by atoms with Gasteiger partial charge in [-0.05, 0) is 30.2 Å². The molecule has 2 aromatic carbocycles. The number of carbonyl (C=O) groups is 2. The Bertz CT molecular complexity index is 973. The third kappa shape index (κ3) is 4.55. The second-order valence-electron chi connectivity index (χ2n) is 8.10. The molecular formula is C24H26F2N2O3. The fraction of sp³-hybridized carbons (Fsp3) is 0.417. The molecule has 1 unspecified atom stereocenters. The molecule has 2 fully saturated rings. The Morgan fingerprint density at radius 2 is 1.87 bits per heavy atom. The average Bonchev–Trinajstić information content (AvgIpc) is 3.17. The number of nitrogens with zero attached hydrogens (tertiary/aromatic N) is 2. The van der Waals surface area contributed by atoms with Crippen molar-refractivity contribution in [3.8, 4) is 5.75 Å². The molecule has 0 aromatic heterocycles. The van der Waals surface area contributed by atoms with Gasteiger partial charge in [0.15, 0.2) is 11.6 Å². The predicted octanol–water partition coefficient (Wildman–Crippen LogP) is 3.95. The summed E-state index contributed by atoms with van der Waals surface area (Å²) in [5.41, 5.74) is 1.98. The molecule has 2 aliphatic rings. The molecule has 0 aliphatic carbocycles. The van der Waals surface area contributed by atoms with E-state index in [-0.39, 0.29) is 36.0 Å². The van der Waals surface area contributed by atoms with Gasteiger partial charge in [-0.25, -0.2) is 8.78 Å². The van der Waals surface area contributed by atoms with Crippen LogP contribution in [0.1, 0.15) is 31.7 Å². The van der Waals surface area contributed by atoms with Crippen molar-refractivity contribution in [3.05, 3.63) is 59.7 Å². The summed E-state index contributed by atoms with van der Waals surface area (Å²) in [6.45, 7) is 3.42. The number of ether oxygens (including phenoxy) is 1. The molecule has 0 bridgehead atoms. The molecule has 31 heavy (non-hydrogen) atoms. The van der Waals surface area contributed by atoms with Gasteiger partial charge in [-0.2, -0.15) is 0 Å². The Balaban J connectivity index is 1.34. The van der Waals surface area contributed by atoms with Gasteiger partial charge in [0.2, 0.25) is 11.8 Å². The van der Waals surface area contributed by atoms with Crippen molar-refractivity contribution in [2.45, 2.75) is 38.7 Å². The van der Waals surface area contributed by atoms with Crippen molar-refractivity contribution in [2.75, 3.05) is 24.5 Å². The number of amides is 2. The van der Waals surface area contributed by atoms with Crippen LogP contribution >= 0.6 is 0 Å². The fourth-order valence-electron chi connectivity index (χ4n) is 4.38. The maximum Gasteiger partial charge on any atom is 0.228 e. The van der Waals surface area contributed by atoms with Crippen molar-refractivity contribution in [1.29, 1.82) is 0 Å². The van der Waals surface area contributed by atoms with Crippen LogP contribution in [0.4, 0.5) is 14.5 Å². The molecule has 2 amide bonds. The first kappa shape index (κ1) is 21.3. The molecule has 5 nitrogen and oxygen atoms in total. The van der Waals surface area contributed by atoms with Gasteiger partial charge in [0.05, 0.1) is 5.92 Å². The summed E-state index contributed by atoms with van der Waals surface area (Å²) >= 11 is 0. The van der Waals surface area contributed by atoms with Crippen molar-refractivity contribution >= 4 is 17.5 Å². The minimum Gasteiger partial charge on any atom is -0.487 e. The molecule has 0 N–H and O–H groups in total. The van der Waals surface area contributed by atoms with E-state index in [9.17, 15) is 18.4 Å². The summed E-state index contributed by atoms with van der Waals surface area (Å²) in [6, 6.07) is 11.0. The standard InChI is InChI=1S/C24H26F2N2O3/c1-2-16-5-3-4-6-21(16)28-15-17(13-23(28)29)24(30)27-11-9-19(10-12-27)31-22-8-7-18(25)14-20(22)26/h3-8,14,17,19H,2,9-13,15H2,1H3. The van der Waals surface area contributed by atoms with E-state index in [4.69, 9.17) is 4.74 Å². The molecular weight excluding hydrogens is 402 g/mol. The van der Waals surface area contributed by atoms with E-state index in [0.29, 0.717) is 32.5 Å². The highest BCUT2D eigenvalue weighted by Gasteiger charge is 2.38. The maximum atomic E-state index is 13.8. The molecule has 2 heterocycles. The van der Waals surface area contributed by atoms with Gasteiger partial charge in [-0.1, -0.05) is 25.1 Å². The largest absolute Gasteiger partial charge is 0.487 e. The maximum absolute atomic E-state index is 13.8. The van der Waals surface area contributed by atoms with Crippen LogP contribution in [0.2, 0.25) is 0 Å². The van der Waals surface area contributed by atoms with Gasteiger partial charge in [0, 0.05) is 50.7 Å². The smallest absolute Gasteiger partial charge is 0.228 e. The van der Waals surface area contributed by atoms with E-state index >= 15 is 0 Å². The number of hydrogen-bond donors (Lipinski definition) is 0.